The second-order valence-electron chi connectivity index (χ2n) is 6.99. The van der Waals surface area contributed by atoms with Gasteiger partial charge in [-0.25, -0.2) is 4.98 Å². The summed E-state index contributed by atoms with van der Waals surface area (Å²) >= 11 is 0. The third-order valence-electron chi connectivity index (χ3n) is 5.20. The molecule has 7 nitrogen and oxygen atoms in total. The molecule has 2 N–H and O–H groups in total. The number of para-hydroxylation sites is 1. The quantitative estimate of drug-likeness (QED) is 0.864. The van der Waals surface area contributed by atoms with Crippen molar-refractivity contribution in [1.29, 1.82) is 0 Å². The van der Waals surface area contributed by atoms with Crippen LogP contribution in [0.3, 0.4) is 0 Å². The lowest BCUT2D eigenvalue weighted by Crippen LogP contribution is -2.28. The average molecular weight is 369 g/mol. The number of rotatable bonds is 3. The van der Waals surface area contributed by atoms with Crippen molar-refractivity contribution < 1.29 is 19.4 Å². The molecule has 0 radical (unpaired) electrons. The maximum atomic E-state index is 12.8. The van der Waals surface area contributed by atoms with Gasteiger partial charge in [-0.15, -0.1) is 0 Å². The Bertz CT molecular complexity index is 862. The van der Waals surface area contributed by atoms with E-state index >= 15 is 0 Å². The first-order valence-electron chi connectivity index (χ1n) is 9.14. The fraction of sp³-hybridized carbons (Fsp3) is 0.400. The van der Waals surface area contributed by atoms with E-state index in [4.69, 9.17) is 9.47 Å². The number of methoxy groups -OCH3 is 1. The van der Waals surface area contributed by atoms with Crippen molar-refractivity contribution in [3.05, 3.63) is 36.0 Å². The van der Waals surface area contributed by atoms with E-state index in [2.05, 4.69) is 10.3 Å². The van der Waals surface area contributed by atoms with Crippen LogP contribution in [0.1, 0.15) is 36.0 Å². The van der Waals surface area contributed by atoms with Gasteiger partial charge < -0.3 is 24.8 Å². The summed E-state index contributed by atoms with van der Waals surface area (Å²) in [6.07, 6.45) is 4.83. The molecule has 1 amide bonds. The summed E-state index contributed by atoms with van der Waals surface area (Å²) in [4.78, 5) is 18.8. The number of carbonyl (C=O) groups is 1. The lowest BCUT2D eigenvalue weighted by atomic mass is 9.93. The number of anilines is 2. The molecule has 1 saturated carbocycles. The number of nitrogens with one attached hydrogen (secondary N) is 1. The summed E-state index contributed by atoms with van der Waals surface area (Å²) in [5.74, 6) is 1.98. The Hall–Kier alpha value is -2.80. The van der Waals surface area contributed by atoms with Gasteiger partial charge in [0.2, 0.25) is 0 Å². The molecule has 4 rings (SSSR count). The van der Waals surface area contributed by atoms with E-state index in [0.29, 0.717) is 34.3 Å². The summed E-state index contributed by atoms with van der Waals surface area (Å²) < 4.78 is 11.5. The van der Waals surface area contributed by atoms with E-state index in [1.54, 1.807) is 38.6 Å². The van der Waals surface area contributed by atoms with Crippen LogP contribution in [-0.4, -0.2) is 42.3 Å². The molecule has 1 fully saturated rings. The van der Waals surface area contributed by atoms with Gasteiger partial charge in [0.1, 0.15) is 11.5 Å². The number of hydrogen-bond acceptors (Lipinski definition) is 6. The van der Waals surface area contributed by atoms with Crippen molar-refractivity contribution in [2.45, 2.75) is 37.8 Å². The van der Waals surface area contributed by atoms with E-state index < -0.39 is 0 Å². The zero-order chi connectivity index (χ0) is 19.0. The number of nitrogens with zero attached hydrogens (tertiary/aromatic N) is 2. The van der Waals surface area contributed by atoms with Crippen molar-refractivity contribution >= 4 is 17.4 Å². The highest BCUT2D eigenvalue weighted by molar-refractivity contribution is 6.09. The number of aromatic nitrogens is 1. The van der Waals surface area contributed by atoms with Crippen LogP contribution < -0.4 is 19.7 Å². The molecule has 0 spiro atoms. The highest BCUT2D eigenvalue weighted by Crippen LogP contribution is 2.43. The number of ether oxygens (including phenoxy) is 2. The SMILES string of the molecule is COc1cccc2c1Oc1cc(NC3CCC(O)CC3)ncc1N(C)C2=O. The Balaban J connectivity index is 1.66. The molecule has 1 aliphatic carbocycles. The van der Waals surface area contributed by atoms with E-state index in [0.717, 1.165) is 25.7 Å². The maximum absolute atomic E-state index is 12.8. The Morgan fingerprint density at radius 2 is 2.07 bits per heavy atom. The Labute approximate surface area is 157 Å². The van der Waals surface area contributed by atoms with Crippen LogP contribution in [-0.2, 0) is 0 Å². The molecule has 0 atom stereocenters. The minimum Gasteiger partial charge on any atom is -0.493 e. The van der Waals surface area contributed by atoms with Crippen LogP contribution in [0.5, 0.6) is 17.2 Å². The number of hydrogen-bond donors (Lipinski definition) is 2. The lowest BCUT2D eigenvalue weighted by Gasteiger charge is -2.27. The van der Waals surface area contributed by atoms with Gasteiger partial charge in [0, 0.05) is 19.2 Å². The summed E-state index contributed by atoms with van der Waals surface area (Å²) in [6.45, 7) is 0. The van der Waals surface area contributed by atoms with Crippen molar-refractivity contribution in [1.82, 2.24) is 4.98 Å². The third kappa shape index (κ3) is 3.30. The largest absolute Gasteiger partial charge is 0.493 e. The normalized spacial score (nSPS) is 21.6. The molecule has 2 aliphatic rings. The molecule has 7 heteroatoms. The number of fused-ring (bicyclic) bond motifs is 2. The summed E-state index contributed by atoms with van der Waals surface area (Å²) in [6, 6.07) is 7.34. The third-order valence-corrected chi connectivity index (χ3v) is 5.20. The fourth-order valence-electron chi connectivity index (χ4n) is 3.62. The minimum absolute atomic E-state index is 0.175. The van der Waals surface area contributed by atoms with Gasteiger partial charge in [-0.05, 0) is 37.8 Å². The molecule has 27 heavy (non-hydrogen) atoms. The second kappa shape index (κ2) is 7.08. The number of pyridine rings is 1. The smallest absolute Gasteiger partial charge is 0.262 e. The Kier molecular flexibility index (Phi) is 4.61. The highest BCUT2D eigenvalue weighted by atomic mass is 16.5. The van der Waals surface area contributed by atoms with Crippen molar-refractivity contribution in [2.75, 3.05) is 24.4 Å². The monoisotopic (exact) mass is 369 g/mol. The molecular formula is C20H23N3O4. The predicted molar refractivity (Wildman–Crippen MR) is 102 cm³/mol. The minimum atomic E-state index is -0.199. The maximum Gasteiger partial charge on any atom is 0.262 e. The topological polar surface area (TPSA) is 83.9 Å². The molecule has 1 aromatic carbocycles. The van der Waals surface area contributed by atoms with Gasteiger partial charge in [0.05, 0.1) is 25.0 Å². The van der Waals surface area contributed by atoms with Gasteiger partial charge >= 0.3 is 0 Å². The fourth-order valence-corrected chi connectivity index (χ4v) is 3.62. The Morgan fingerprint density at radius 1 is 1.30 bits per heavy atom. The Morgan fingerprint density at radius 3 is 2.81 bits per heavy atom. The average Bonchev–Trinajstić information content (AvgIpc) is 2.78. The number of benzene rings is 1. The number of aliphatic hydroxyl groups excluding tert-OH is 1. The number of aliphatic hydroxyl groups is 1. The standard InChI is InChI=1S/C20H23N3O4/c1-23-15-11-21-18(22-12-6-8-13(24)9-7-12)10-17(15)27-19-14(20(23)25)4-3-5-16(19)26-2/h3-5,10-13,24H,6-9H2,1-2H3,(H,21,22). The van der Waals surface area contributed by atoms with Crippen molar-refractivity contribution in [3.63, 3.8) is 0 Å². The van der Waals surface area contributed by atoms with Gasteiger partial charge in [-0.2, -0.15) is 0 Å². The van der Waals surface area contributed by atoms with Crippen molar-refractivity contribution in [3.8, 4) is 17.2 Å². The highest BCUT2D eigenvalue weighted by Gasteiger charge is 2.29. The first-order valence-corrected chi connectivity index (χ1v) is 9.14. The molecular weight excluding hydrogens is 346 g/mol. The molecule has 2 aromatic rings. The van der Waals surface area contributed by atoms with Crippen LogP contribution in [0.25, 0.3) is 0 Å². The first-order chi connectivity index (χ1) is 13.1. The van der Waals surface area contributed by atoms with Crippen LogP contribution in [0.4, 0.5) is 11.5 Å². The molecule has 0 saturated heterocycles. The zero-order valence-electron chi connectivity index (χ0n) is 15.4. The van der Waals surface area contributed by atoms with Gasteiger partial charge in [-0.1, -0.05) is 6.07 Å². The van der Waals surface area contributed by atoms with Gasteiger partial charge in [-0.3, -0.25) is 4.79 Å². The zero-order valence-corrected chi connectivity index (χ0v) is 15.4. The molecule has 1 aliphatic heterocycles. The summed E-state index contributed by atoms with van der Waals surface area (Å²) in [5, 5.41) is 13.1. The predicted octanol–water partition coefficient (Wildman–Crippen LogP) is 3.19. The van der Waals surface area contributed by atoms with Gasteiger partial charge in [0.15, 0.2) is 17.2 Å². The van der Waals surface area contributed by atoms with Gasteiger partial charge in [0.25, 0.3) is 5.91 Å². The van der Waals surface area contributed by atoms with Crippen LogP contribution in [0.15, 0.2) is 30.5 Å². The summed E-state index contributed by atoms with van der Waals surface area (Å²) in [5.41, 5.74) is 1.05. The van der Waals surface area contributed by atoms with E-state index in [1.807, 2.05) is 6.07 Å². The van der Waals surface area contributed by atoms with Crippen LogP contribution >= 0.6 is 0 Å². The van der Waals surface area contributed by atoms with E-state index in [-0.39, 0.29) is 18.1 Å². The molecule has 0 bridgehead atoms. The summed E-state index contributed by atoms with van der Waals surface area (Å²) in [7, 11) is 3.26. The lowest BCUT2D eigenvalue weighted by molar-refractivity contribution is 0.0992. The molecule has 0 unspecified atom stereocenters. The number of carbonyl (C=O) groups excluding carboxylic acids is 1. The van der Waals surface area contributed by atoms with Crippen molar-refractivity contribution in [2.24, 2.45) is 0 Å². The van der Waals surface area contributed by atoms with Crippen LogP contribution in [0, 0.1) is 0 Å². The number of amides is 1. The second-order valence-corrected chi connectivity index (χ2v) is 6.99. The molecule has 142 valence electrons. The first kappa shape index (κ1) is 17.6. The van der Waals surface area contributed by atoms with Crippen LogP contribution in [0.2, 0.25) is 0 Å². The van der Waals surface area contributed by atoms with E-state index in [9.17, 15) is 9.90 Å². The molecule has 1 aromatic heterocycles. The molecule has 2 heterocycles. The van der Waals surface area contributed by atoms with E-state index in [1.165, 1.54) is 4.90 Å².